The number of nitrogens with zero attached hydrogens (tertiary/aromatic N) is 2. The monoisotopic (exact) mass is 241 g/mol. The van der Waals surface area contributed by atoms with Gasteiger partial charge in [-0.3, -0.25) is 4.79 Å². The lowest BCUT2D eigenvalue weighted by atomic mass is 10.2. The van der Waals surface area contributed by atoms with Crippen LogP contribution in [0.2, 0.25) is 0 Å². The van der Waals surface area contributed by atoms with Gasteiger partial charge in [0.2, 0.25) is 5.01 Å². The number of benzene rings is 1. The minimum absolute atomic E-state index is 0. The van der Waals surface area contributed by atoms with Crippen LogP contribution < -0.4 is 5.73 Å². The van der Waals surface area contributed by atoms with Gasteiger partial charge in [-0.15, -0.1) is 22.6 Å². The van der Waals surface area contributed by atoms with Crippen LogP contribution in [-0.2, 0) is 0 Å². The second-order valence-electron chi connectivity index (χ2n) is 2.64. The lowest BCUT2D eigenvalue weighted by Gasteiger charge is -1.91. The molecule has 1 amide bonds. The molecular formula is C9H8ClN3OS. The molecule has 15 heavy (non-hydrogen) atoms. The molecule has 2 rings (SSSR count). The Kier molecular flexibility index (Phi) is 3.76. The zero-order chi connectivity index (χ0) is 9.97. The Hall–Kier alpha value is -1.46. The van der Waals surface area contributed by atoms with E-state index in [-0.39, 0.29) is 17.4 Å². The molecule has 2 N–H and O–H groups in total. The van der Waals surface area contributed by atoms with Crippen LogP contribution in [0.3, 0.4) is 0 Å². The van der Waals surface area contributed by atoms with Gasteiger partial charge in [-0.1, -0.05) is 41.7 Å². The molecule has 78 valence electrons. The Morgan fingerprint density at radius 2 is 1.87 bits per heavy atom. The predicted octanol–water partition coefficient (Wildman–Crippen LogP) is 1.73. The van der Waals surface area contributed by atoms with Crippen LogP contribution in [0.1, 0.15) is 9.80 Å². The summed E-state index contributed by atoms with van der Waals surface area (Å²) >= 11 is 1.20. The average molecular weight is 242 g/mol. The first-order valence-corrected chi connectivity index (χ1v) is 4.78. The van der Waals surface area contributed by atoms with Crippen molar-refractivity contribution in [3.05, 3.63) is 35.3 Å². The van der Waals surface area contributed by atoms with E-state index in [2.05, 4.69) is 10.2 Å². The molecule has 1 heterocycles. The molecule has 0 bridgehead atoms. The van der Waals surface area contributed by atoms with E-state index in [9.17, 15) is 4.79 Å². The standard InChI is InChI=1S/C9H7N3OS.ClH/c10-7(13)9-12-11-8(14-9)6-4-2-1-3-5-6;/h1-5H,(H2,10,13);1H. The normalized spacial score (nSPS) is 9.33. The number of hydrogen-bond acceptors (Lipinski definition) is 4. The second kappa shape index (κ2) is 4.86. The van der Waals surface area contributed by atoms with Crippen LogP contribution in [0.15, 0.2) is 30.3 Å². The van der Waals surface area contributed by atoms with Crippen molar-refractivity contribution < 1.29 is 4.79 Å². The highest BCUT2D eigenvalue weighted by Crippen LogP contribution is 2.22. The van der Waals surface area contributed by atoms with Gasteiger partial charge in [0.15, 0.2) is 0 Å². The molecule has 6 heteroatoms. The van der Waals surface area contributed by atoms with E-state index < -0.39 is 5.91 Å². The molecule has 1 aromatic heterocycles. The maximum absolute atomic E-state index is 10.8. The zero-order valence-electron chi connectivity index (χ0n) is 7.58. The first-order chi connectivity index (χ1) is 6.77. The Balaban J connectivity index is 0.00000112. The molecule has 0 aliphatic carbocycles. The van der Waals surface area contributed by atoms with Gasteiger partial charge in [0, 0.05) is 5.56 Å². The number of nitrogens with two attached hydrogens (primary N) is 1. The highest BCUT2D eigenvalue weighted by atomic mass is 35.5. The number of carbonyl (C=O) groups is 1. The lowest BCUT2D eigenvalue weighted by Crippen LogP contribution is -2.10. The minimum atomic E-state index is -0.537. The molecule has 0 radical (unpaired) electrons. The molecule has 0 spiro atoms. The molecule has 0 unspecified atom stereocenters. The zero-order valence-corrected chi connectivity index (χ0v) is 9.22. The van der Waals surface area contributed by atoms with Gasteiger partial charge in [-0.25, -0.2) is 0 Å². The van der Waals surface area contributed by atoms with Crippen LogP contribution in [0.25, 0.3) is 10.6 Å². The van der Waals surface area contributed by atoms with Crippen LogP contribution in [0.4, 0.5) is 0 Å². The predicted molar refractivity (Wildman–Crippen MR) is 61.1 cm³/mol. The summed E-state index contributed by atoms with van der Waals surface area (Å²) in [6.45, 7) is 0. The molecule has 2 aromatic rings. The topological polar surface area (TPSA) is 68.9 Å². The molecule has 0 saturated heterocycles. The summed E-state index contributed by atoms with van der Waals surface area (Å²) in [5, 5.41) is 8.51. The molecular weight excluding hydrogens is 234 g/mol. The van der Waals surface area contributed by atoms with Crippen molar-refractivity contribution in [2.24, 2.45) is 5.73 Å². The average Bonchev–Trinajstić information content (AvgIpc) is 2.68. The van der Waals surface area contributed by atoms with E-state index in [0.29, 0.717) is 5.01 Å². The summed E-state index contributed by atoms with van der Waals surface area (Å²) in [5.74, 6) is -0.537. The van der Waals surface area contributed by atoms with Crippen molar-refractivity contribution in [1.29, 1.82) is 0 Å². The van der Waals surface area contributed by atoms with Crippen molar-refractivity contribution in [3.63, 3.8) is 0 Å². The summed E-state index contributed by atoms with van der Waals surface area (Å²) in [6, 6.07) is 9.54. The third kappa shape index (κ3) is 2.51. The van der Waals surface area contributed by atoms with Gasteiger partial charge < -0.3 is 5.73 Å². The largest absolute Gasteiger partial charge is 0.363 e. The number of primary amides is 1. The summed E-state index contributed by atoms with van der Waals surface area (Å²) in [5.41, 5.74) is 6.02. The summed E-state index contributed by atoms with van der Waals surface area (Å²) in [4.78, 5) is 10.8. The van der Waals surface area contributed by atoms with Gasteiger partial charge in [0.1, 0.15) is 5.01 Å². The Morgan fingerprint density at radius 1 is 1.20 bits per heavy atom. The summed E-state index contributed by atoms with van der Waals surface area (Å²) < 4.78 is 0. The second-order valence-corrected chi connectivity index (χ2v) is 3.62. The number of amides is 1. The fourth-order valence-corrected chi connectivity index (χ4v) is 1.72. The summed E-state index contributed by atoms with van der Waals surface area (Å²) in [6.07, 6.45) is 0. The quantitative estimate of drug-likeness (QED) is 0.871. The molecule has 0 saturated carbocycles. The van der Waals surface area contributed by atoms with Crippen molar-refractivity contribution in [1.82, 2.24) is 10.2 Å². The Labute approximate surface area is 96.6 Å². The van der Waals surface area contributed by atoms with Crippen LogP contribution >= 0.6 is 23.7 Å². The molecule has 0 aliphatic rings. The van der Waals surface area contributed by atoms with Crippen molar-refractivity contribution >= 4 is 29.7 Å². The van der Waals surface area contributed by atoms with E-state index in [4.69, 9.17) is 5.73 Å². The van der Waals surface area contributed by atoms with E-state index in [1.165, 1.54) is 11.3 Å². The van der Waals surface area contributed by atoms with Crippen LogP contribution in [0, 0.1) is 0 Å². The number of aromatic nitrogens is 2. The van der Waals surface area contributed by atoms with Gasteiger partial charge in [0.05, 0.1) is 0 Å². The maximum Gasteiger partial charge on any atom is 0.279 e. The molecule has 1 aromatic carbocycles. The van der Waals surface area contributed by atoms with Gasteiger partial charge in [0.25, 0.3) is 5.91 Å². The third-order valence-corrected chi connectivity index (χ3v) is 2.64. The van der Waals surface area contributed by atoms with E-state index in [1.54, 1.807) is 0 Å². The Morgan fingerprint density at radius 3 is 2.40 bits per heavy atom. The van der Waals surface area contributed by atoms with Gasteiger partial charge in [-0.2, -0.15) is 0 Å². The Bertz CT molecular complexity index is 457. The highest BCUT2D eigenvalue weighted by Gasteiger charge is 2.09. The lowest BCUT2D eigenvalue weighted by molar-refractivity contribution is 0.0999. The summed E-state index contributed by atoms with van der Waals surface area (Å²) in [7, 11) is 0. The van der Waals surface area contributed by atoms with Crippen LogP contribution in [-0.4, -0.2) is 16.1 Å². The maximum atomic E-state index is 10.8. The first kappa shape index (κ1) is 11.6. The first-order valence-electron chi connectivity index (χ1n) is 3.96. The van der Waals surface area contributed by atoms with Crippen molar-refractivity contribution in [2.45, 2.75) is 0 Å². The fraction of sp³-hybridized carbons (Fsp3) is 0. The van der Waals surface area contributed by atoms with E-state index in [0.717, 1.165) is 5.56 Å². The minimum Gasteiger partial charge on any atom is -0.363 e. The third-order valence-electron chi connectivity index (χ3n) is 1.66. The number of halogens is 1. The van der Waals surface area contributed by atoms with E-state index in [1.807, 2.05) is 30.3 Å². The van der Waals surface area contributed by atoms with E-state index >= 15 is 0 Å². The smallest absolute Gasteiger partial charge is 0.279 e. The van der Waals surface area contributed by atoms with Crippen molar-refractivity contribution in [3.8, 4) is 10.6 Å². The number of carbonyl (C=O) groups excluding carboxylic acids is 1. The molecule has 4 nitrogen and oxygen atoms in total. The number of hydrogen-bond donors (Lipinski definition) is 1. The SMILES string of the molecule is Cl.NC(=O)c1nnc(-c2ccccc2)s1. The van der Waals surface area contributed by atoms with Gasteiger partial charge >= 0.3 is 0 Å². The fourth-order valence-electron chi connectivity index (χ4n) is 1.02. The number of rotatable bonds is 2. The molecule has 0 atom stereocenters. The highest BCUT2D eigenvalue weighted by molar-refractivity contribution is 7.16. The van der Waals surface area contributed by atoms with Gasteiger partial charge in [-0.05, 0) is 0 Å². The molecule has 0 fully saturated rings. The van der Waals surface area contributed by atoms with Crippen LogP contribution in [0.5, 0.6) is 0 Å². The van der Waals surface area contributed by atoms with Crippen molar-refractivity contribution in [2.75, 3.05) is 0 Å². The molecule has 0 aliphatic heterocycles.